The molecular formula is C25H33ClN2O3. The van der Waals surface area contributed by atoms with Crippen molar-refractivity contribution in [3.8, 4) is 5.75 Å². The number of aryl methyl sites for hydroxylation is 1. The second-order valence-corrected chi connectivity index (χ2v) is 8.97. The van der Waals surface area contributed by atoms with Crippen molar-refractivity contribution in [2.75, 3.05) is 6.61 Å². The second kappa shape index (κ2) is 11.2. The number of rotatable bonds is 9. The van der Waals surface area contributed by atoms with Crippen molar-refractivity contribution in [3.05, 3.63) is 64.7 Å². The van der Waals surface area contributed by atoms with E-state index in [1.165, 1.54) is 5.56 Å². The van der Waals surface area contributed by atoms with Crippen LogP contribution in [-0.2, 0) is 22.6 Å². The van der Waals surface area contributed by atoms with Gasteiger partial charge in [0.1, 0.15) is 11.8 Å². The van der Waals surface area contributed by atoms with E-state index in [2.05, 4.69) is 12.2 Å². The summed E-state index contributed by atoms with van der Waals surface area (Å²) in [5, 5.41) is 3.54. The zero-order valence-electron chi connectivity index (χ0n) is 19.1. The van der Waals surface area contributed by atoms with Crippen LogP contribution in [0.15, 0.2) is 48.5 Å². The average molecular weight is 445 g/mol. The van der Waals surface area contributed by atoms with Crippen LogP contribution in [0.4, 0.5) is 0 Å². The molecule has 0 aliphatic heterocycles. The summed E-state index contributed by atoms with van der Waals surface area (Å²) >= 11 is 6.34. The van der Waals surface area contributed by atoms with Crippen LogP contribution >= 0.6 is 11.6 Å². The van der Waals surface area contributed by atoms with Crippen LogP contribution in [0.1, 0.15) is 52.2 Å². The molecule has 0 fully saturated rings. The number of carbonyl (C=O) groups is 2. The van der Waals surface area contributed by atoms with Gasteiger partial charge in [-0.25, -0.2) is 0 Å². The third-order valence-electron chi connectivity index (χ3n) is 4.88. The fraction of sp³-hybridized carbons (Fsp3) is 0.440. The van der Waals surface area contributed by atoms with Gasteiger partial charge in [-0.1, -0.05) is 55.8 Å². The molecule has 2 aromatic rings. The summed E-state index contributed by atoms with van der Waals surface area (Å²) in [5.41, 5.74) is 1.58. The Morgan fingerprint density at radius 2 is 1.71 bits per heavy atom. The van der Waals surface area contributed by atoms with Crippen LogP contribution < -0.4 is 10.1 Å². The average Bonchev–Trinajstić information content (AvgIpc) is 2.72. The summed E-state index contributed by atoms with van der Waals surface area (Å²) in [6.45, 7) is 9.80. The highest BCUT2D eigenvalue weighted by molar-refractivity contribution is 6.31. The number of hydrogen-bond donors (Lipinski definition) is 1. The Morgan fingerprint density at radius 1 is 1.06 bits per heavy atom. The molecule has 5 nitrogen and oxygen atoms in total. The summed E-state index contributed by atoms with van der Waals surface area (Å²) in [6.07, 6.45) is 1.41. The summed E-state index contributed by atoms with van der Waals surface area (Å²) in [4.78, 5) is 27.7. The second-order valence-electron chi connectivity index (χ2n) is 8.56. The minimum atomic E-state index is -0.630. The summed E-state index contributed by atoms with van der Waals surface area (Å²) in [7, 11) is 0. The van der Waals surface area contributed by atoms with Crippen LogP contribution in [-0.4, -0.2) is 34.9 Å². The Kier molecular flexibility index (Phi) is 8.93. The molecular weight excluding hydrogens is 412 g/mol. The van der Waals surface area contributed by atoms with Gasteiger partial charge in [0.15, 0.2) is 6.61 Å². The van der Waals surface area contributed by atoms with Gasteiger partial charge in [0.25, 0.3) is 5.91 Å². The molecule has 31 heavy (non-hydrogen) atoms. The van der Waals surface area contributed by atoms with Gasteiger partial charge in [0.2, 0.25) is 5.91 Å². The van der Waals surface area contributed by atoms with Crippen LogP contribution in [0.25, 0.3) is 0 Å². The molecule has 0 aromatic heterocycles. The minimum absolute atomic E-state index is 0.158. The van der Waals surface area contributed by atoms with E-state index in [0.717, 1.165) is 12.0 Å². The van der Waals surface area contributed by atoms with Crippen LogP contribution in [0.3, 0.4) is 0 Å². The molecule has 0 radical (unpaired) electrons. The predicted molar refractivity (Wildman–Crippen MR) is 125 cm³/mol. The first kappa shape index (κ1) is 24.7. The molecule has 2 amide bonds. The van der Waals surface area contributed by atoms with Crippen molar-refractivity contribution in [1.82, 2.24) is 10.2 Å². The lowest BCUT2D eigenvalue weighted by atomic mass is 10.1. The van der Waals surface area contributed by atoms with Gasteiger partial charge in [0.05, 0.1) is 0 Å². The van der Waals surface area contributed by atoms with E-state index in [-0.39, 0.29) is 25.0 Å². The molecule has 0 aliphatic carbocycles. The van der Waals surface area contributed by atoms with Crippen LogP contribution in [0.2, 0.25) is 5.02 Å². The summed E-state index contributed by atoms with van der Waals surface area (Å²) in [5.74, 6) is 0.161. The fourth-order valence-electron chi connectivity index (χ4n) is 3.23. The van der Waals surface area contributed by atoms with Gasteiger partial charge >= 0.3 is 0 Å². The van der Waals surface area contributed by atoms with Crippen LogP contribution in [0, 0.1) is 0 Å². The maximum absolute atomic E-state index is 13.2. The summed E-state index contributed by atoms with van der Waals surface area (Å²) < 4.78 is 5.74. The van der Waals surface area contributed by atoms with Crippen LogP contribution in [0.5, 0.6) is 5.75 Å². The number of halogens is 1. The van der Waals surface area contributed by atoms with E-state index < -0.39 is 11.6 Å². The van der Waals surface area contributed by atoms with Gasteiger partial charge in [-0.05, 0) is 62.9 Å². The molecule has 0 saturated carbocycles. The maximum Gasteiger partial charge on any atom is 0.261 e. The van der Waals surface area contributed by atoms with E-state index in [1.807, 2.05) is 70.2 Å². The first-order valence-corrected chi connectivity index (χ1v) is 11.1. The molecule has 0 aliphatic rings. The zero-order chi connectivity index (χ0) is 23.0. The molecule has 1 N–H and O–H groups in total. The smallest absolute Gasteiger partial charge is 0.261 e. The molecule has 2 aromatic carbocycles. The molecule has 6 heteroatoms. The zero-order valence-corrected chi connectivity index (χ0v) is 19.8. The Labute approximate surface area is 190 Å². The monoisotopic (exact) mass is 444 g/mol. The first-order chi connectivity index (χ1) is 14.6. The number of ether oxygens (including phenoxy) is 1. The third-order valence-corrected chi connectivity index (χ3v) is 5.25. The molecule has 2 rings (SSSR count). The minimum Gasteiger partial charge on any atom is -0.484 e. The molecule has 0 bridgehead atoms. The molecule has 0 unspecified atom stereocenters. The SMILES string of the molecule is CCc1ccc(OCC(=O)N(Cc2ccccc2Cl)[C@@H](CC)C(=O)NC(C)(C)C)cc1. The number of carbonyl (C=O) groups excluding carboxylic acids is 2. The lowest BCUT2D eigenvalue weighted by molar-refractivity contribution is -0.143. The van der Waals surface area contributed by atoms with E-state index >= 15 is 0 Å². The molecule has 0 heterocycles. The molecule has 168 valence electrons. The van der Waals surface area contributed by atoms with Gasteiger partial charge in [-0.15, -0.1) is 0 Å². The standard InChI is InChI=1S/C25H33ClN2O3/c1-6-18-12-14-20(15-13-18)31-17-23(29)28(16-19-10-8-9-11-21(19)26)22(7-2)24(30)27-25(3,4)5/h8-15,22H,6-7,16-17H2,1-5H3,(H,27,30)/t22-/m0/s1. The Hall–Kier alpha value is -2.53. The molecule has 0 spiro atoms. The van der Waals surface area contributed by atoms with E-state index in [4.69, 9.17) is 16.3 Å². The summed E-state index contributed by atoms with van der Waals surface area (Å²) in [6, 6.07) is 14.4. The van der Waals surface area contributed by atoms with E-state index in [0.29, 0.717) is 17.2 Å². The highest BCUT2D eigenvalue weighted by atomic mass is 35.5. The predicted octanol–water partition coefficient (Wildman–Crippen LogP) is 5.00. The lowest BCUT2D eigenvalue weighted by Crippen LogP contribution is -2.54. The third kappa shape index (κ3) is 7.59. The number of nitrogens with zero attached hydrogens (tertiary/aromatic N) is 1. The van der Waals surface area contributed by atoms with Crippen molar-refractivity contribution >= 4 is 23.4 Å². The van der Waals surface area contributed by atoms with Crippen molar-refractivity contribution in [1.29, 1.82) is 0 Å². The normalized spacial score (nSPS) is 12.2. The van der Waals surface area contributed by atoms with Crippen molar-refractivity contribution in [2.24, 2.45) is 0 Å². The van der Waals surface area contributed by atoms with Gasteiger partial charge in [0, 0.05) is 17.1 Å². The molecule has 1 atom stereocenters. The van der Waals surface area contributed by atoms with Gasteiger partial charge in [-0.3, -0.25) is 9.59 Å². The quantitative estimate of drug-likeness (QED) is 0.591. The highest BCUT2D eigenvalue weighted by Crippen LogP contribution is 2.21. The first-order valence-electron chi connectivity index (χ1n) is 10.7. The Morgan fingerprint density at radius 3 is 2.26 bits per heavy atom. The van der Waals surface area contributed by atoms with Crippen molar-refractivity contribution in [2.45, 2.75) is 65.6 Å². The van der Waals surface area contributed by atoms with Crippen molar-refractivity contribution in [3.63, 3.8) is 0 Å². The number of benzene rings is 2. The lowest BCUT2D eigenvalue weighted by Gasteiger charge is -2.33. The van der Waals surface area contributed by atoms with Gasteiger partial charge < -0.3 is 15.0 Å². The largest absolute Gasteiger partial charge is 0.484 e. The van der Waals surface area contributed by atoms with Crippen molar-refractivity contribution < 1.29 is 14.3 Å². The maximum atomic E-state index is 13.2. The number of hydrogen-bond acceptors (Lipinski definition) is 3. The van der Waals surface area contributed by atoms with E-state index in [1.54, 1.807) is 11.0 Å². The fourth-order valence-corrected chi connectivity index (χ4v) is 3.43. The Balaban J connectivity index is 2.22. The number of amides is 2. The van der Waals surface area contributed by atoms with E-state index in [9.17, 15) is 9.59 Å². The highest BCUT2D eigenvalue weighted by Gasteiger charge is 2.31. The molecule has 0 saturated heterocycles. The van der Waals surface area contributed by atoms with Gasteiger partial charge in [-0.2, -0.15) is 0 Å². The number of nitrogens with one attached hydrogen (secondary N) is 1. The Bertz CT molecular complexity index is 875. The topological polar surface area (TPSA) is 58.6 Å².